The number of nitrogens with one attached hydrogen (secondary N) is 2. The number of carbonyl (C=O) groups is 1. The first-order chi connectivity index (χ1) is 9.74. The highest BCUT2D eigenvalue weighted by molar-refractivity contribution is 9.10. The van der Waals surface area contributed by atoms with Gasteiger partial charge in [0.2, 0.25) is 5.91 Å². The Kier molecular flexibility index (Phi) is 6.86. The molecule has 110 valence electrons. The summed E-state index contributed by atoms with van der Waals surface area (Å²) in [7, 11) is 0. The molecule has 1 aliphatic rings. The molecule has 2 N–H and O–H groups in total. The molecule has 1 fully saturated rings. The molecule has 0 aliphatic carbocycles. The summed E-state index contributed by atoms with van der Waals surface area (Å²) in [5.41, 5.74) is 0.827. The maximum absolute atomic E-state index is 11.7. The fraction of sp³-hybridized carbons (Fsp3) is 0.500. The summed E-state index contributed by atoms with van der Waals surface area (Å²) in [6.07, 6.45) is 0. The number of thioether (sulfide) groups is 1. The number of anilines is 1. The van der Waals surface area contributed by atoms with E-state index in [-0.39, 0.29) is 5.91 Å². The van der Waals surface area contributed by atoms with Crippen molar-refractivity contribution in [3.05, 3.63) is 28.7 Å². The van der Waals surface area contributed by atoms with E-state index in [4.69, 9.17) is 0 Å². The van der Waals surface area contributed by atoms with Gasteiger partial charge in [0.1, 0.15) is 0 Å². The third-order valence-corrected chi connectivity index (χ3v) is 4.59. The average Bonchev–Trinajstić information content (AvgIpc) is 2.47. The molecule has 1 saturated heterocycles. The number of benzene rings is 1. The zero-order valence-electron chi connectivity index (χ0n) is 11.4. The molecule has 0 atom stereocenters. The van der Waals surface area contributed by atoms with Crippen LogP contribution >= 0.6 is 27.7 Å². The third-order valence-electron chi connectivity index (χ3n) is 3.12. The minimum atomic E-state index is 0.00141. The molecule has 1 heterocycles. The van der Waals surface area contributed by atoms with Gasteiger partial charge in [-0.3, -0.25) is 4.79 Å². The Labute approximate surface area is 132 Å². The Bertz CT molecular complexity index is 421. The van der Waals surface area contributed by atoms with E-state index < -0.39 is 0 Å². The number of rotatable bonds is 6. The minimum absolute atomic E-state index is 0.00141. The zero-order chi connectivity index (χ0) is 14.2. The topological polar surface area (TPSA) is 44.4 Å². The molecule has 0 saturated carbocycles. The van der Waals surface area contributed by atoms with Crippen LogP contribution in [0.2, 0.25) is 0 Å². The lowest BCUT2D eigenvalue weighted by molar-refractivity contribution is -0.115. The summed E-state index contributed by atoms with van der Waals surface area (Å²) < 4.78 is 1.01. The summed E-state index contributed by atoms with van der Waals surface area (Å²) in [5, 5.41) is 6.06. The number of nitrogens with zero attached hydrogens (tertiary/aromatic N) is 1. The maximum Gasteiger partial charge on any atom is 0.238 e. The van der Waals surface area contributed by atoms with Gasteiger partial charge in [0, 0.05) is 47.8 Å². The van der Waals surface area contributed by atoms with Crippen LogP contribution in [0.5, 0.6) is 0 Å². The Hall–Kier alpha value is -0.560. The van der Waals surface area contributed by atoms with Crippen LogP contribution in [0.3, 0.4) is 0 Å². The lowest BCUT2D eigenvalue weighted by Crippen LogP contribution is -2.39. The van der Waals surface area contributed by atoms with Crippen molar-refractivity contribution in [3.8, 4) is 0 Å². The molecule has 1 aromatic rings. The van der Waals surface area contributed by atoms with E-state index in [9.17, 15) is 4.79 Å². The van der Waals surface area contributed by atoms with Crippen LogP contribution in [0.15, 0.2) is 28.7 Å². The van der Waals surface area contributed by atoms with Gasteiger partial charge in [-0.1, -0.05) is 15.9 Å². The van der Waals surface area contributed by atoms with Gasteiger partial charge in [0.05, 0.1) is 6.54 Å². The van der Waals surface area contributed by atoms with E-state index in [2.05, 4.69) is 31.5 Å². The lowest BCUT2D eigenvalue weighted by atomic mass is 10.3. The predicted molar refractivity (Wildman–Crippen MR) is 89.4 cm³/mol. The van der Waals surface area contributed by atoms with Gasteiger partial charge in [-0.25, -0.2) is 0 Å². The van der Waals surface area contributed by atoms with Crippen LogP contribution in [0, 0.1) is 0 Å². The molecule has 0 spiro atoms. The van der Waals surface area contributed by atoms with E-state index >= 15 is 0 Å². The lowest BCUT2D eigenvalue weighted by Gasteiger charge is -2.25. The van der Waals surface area contributed by atoms with E-state index in [1.54, 1.807) is 0 Å². The number of halogens is 1. The van der Waals surface area contributed by atoms with Gasteiger partial charge >= 0.3 is 0 Å². The van der Waals surface area contributed by atoms with E-state index in [0.717, 1.165) is 36.3 Å². The number of hydrogen-bond donors (Lipinski definition) is 2. The van der Waals surface area contributed by atoms with Crippen molar-refractivity contribution in [1.82, 2.24) is 10.2 Å². The Morgan fingerprint density at radius 1 is 1.25 bits per heavy atom. The van der Waals surface area contributed by atoms with Gasteiger partial charge in [-0.05, 0) is 24.3 Å². The molecule has 0 radical (unpaired) electrons. The van der Waals surface area contributed by atoms with Crippen molar-refractivity contribution in [1.29, 1.82) is 0 Å². The zero-order valence-corrected chi connectivity index (χ0v) is 13.8. The first-order valence-corrected chi connectivity index (χ1v) is 8.75. The molecular weight excluding hydrogens is 338 g/mol. The second-order valence-corrected chi connectivity index (χ2v) is 6.83. The summed E-state index contributed by atoms with van der Waals surface area (Å²) in [6, 6.07) is 7.59. The van der Waals surface area contributed by atoms with Crippen molar-refractivity contribution < 1.29 is 4.79 Å². The average molecular weight is 358 g/mol. The van der Waals surface area contributed by atoms with E-state index in [1.807, 2.05) is 36.0 Å². The molecule has 1 aliphatic heterocycles. The van der Waals surface area contributed by atoms with Crippen molar-refractivity contribution in [2.24, 2.45) is 0 Å². The summed E-state index contributed by atoms with van der Waals surface area (Å²) in [6.45, 7) is 4.57. The quantitative estimate of drug-likeness (QED) is 0.764. The highest BCUT2D eigenvalue weighted by atomic mass is 79.9. The molecule has 6 heteroatoms. The fourth-order valence-corrected chi connectivity index (χ4v) is 3.25. The Morgan fingerprint density at radius 2 is 1.95 bits per heavy atom. The summed E-state index contributed by atoms with van der Waals surface area (Å²) >= 11 is 5.38. The molecule has 0 unspecified atom stereocenters. The van der Waals surface area contributed by atoms with Crippen LogP contribution in [-0.2, 0) is 4.79 Å². The van der Waals surface area contributed by atoms with Crippen LogP contribution < -0.4 is 10.6 Å². The molecule has 0 bridgehead atoms. The van der Waals surface area contributed by atoms with Gasteiger partial charge in [-0.15, -0.1) is 0 Å². The largest absolute Gasteiger partial charge is 0.325 e. The van der Waals surface area contributed by atoms with Crippen molar-refractivity contribution in [2.75, 3.05) is 49.5 Å². The molecule has 20 heavy (non-hydrogen) atoms. The molecular formula is C14H20BrN3OS. The van der Waals surface area contributed by atoms with Gasteiger partial charge in [0.15, 0.2) is 0 Å². The Morgan fingerprint density at radius 3 is 2.65 bits per heavy atom. The molecule has 0 aromatic heterocycles. The molecule has 4 nitrogen and oxygen atoms in total. The maximum atomic E-state index is 11.7. The minimum Gasteiger partial charge on any atom is -0.325 e. The first-order valence-electron chi connectivity index (χ1n) is 6.80. The smallest absolute Gasteiger partial charge is 0.238 e. The van der Waals surface area contributed by atoms with Gasteiger partial charge in [0.25, 0.3) is 0 Å². The van der Waals surface area contributed by atoms with Crippen molar-refractivity contribution >= 4 is 39.3 Å². The molecule has 1 amide bonds. The van der Waals surface area contributed by atoms with Gasteiger partial charge in [-0.2, -0.15) is 11.8 Å². The highest BCUT2D eigenvalue weighted by Gasteiger charge is 2.09. The molecule has 1 aromatic carbocycles. The Balaban J connectivity index is 1.59. The van der Waals surface area contributed by atoms with Crippen LogP contribution in [0.4, 0.5) is 5.69 Å². The van der Waals surface area contributed by atoms with Crippen molar-refractivity contribution in [3.63, 3.8) is 0 Å². The van der Waals surface area contributed by atoms with Crippen LogP contribution in [0.1, 0.15) is 0 Å². The second kappa shape index (κ2) is 8.67. The number of carbonyl (C=O) groups excluding carboxylic acids is 1. The summed E-state index contributed by atoms with van der Waals surface area (Å²) in [5.74, 6) is 2.45. The van der Waals surface area contributed by atoms with Crippen LogP contribution in [-0.4, -0.2) is 55.0 Å². The summed E-state index contributed by atoms with van der Waals surface area (Å²) in [4.78, 5) is 14.2. The second-order valence-electron chi connectivity index (χ2n) is 4.69. The van der Waals surface area contributed by atoms with Crippen molar-refractivity contribution in [2.45, 2.75) is 0 Å². The van der Waals surface area contributed by atoms with E-state index in [0.29, 0.717) is 6.54 Å². The normalized spacial score (nSPS) is 16.1. The molecule has 2 rings (SSSR count). The number of hydrogen-bond acceptors (Lipinski definition) is 4. The number of amides is 1. The van der Waals surface area contributed by atoms with E-state index in [1.165, 1.54) is 11.5 Å². The highest BCUT2D eigenvalue weighted by Crippen LogP contribution is 2.13. The monoisotopic (exact) mass is 357 g/mol. The van der Waals surface area contributed by atoms with Gasteiger partial charge < -0.3 is 15.5 Å². The third kappa shape index (κ3) is 5.83. The SMILES string of the molecule is O=C(CNCCN1CCSCC1)Nc1ccc(Br)cc1. The first kappa shape index (κ1) is 15.8. The fourth-order valence-electron chi connectivity index (χ4n) is 2.00. The standard InChI is InChI=1S/C14H20BrN3OS/c15-12-1-3-13(4-2-12)17-14(19)11-16-5-6-18-7-9-20-10-8-18/h1-4,16H,5-11H2,(H,17,19). The predicted octanol–water partition coefficient (Wildman–Crippen LogP) is 2.03. The van der Waals surface area contributed by atoms with Crippen LogP contribution in [0.25, 0.3) is 0 Å².